The van der Waals surface area contributed by atoms with Gasteiger partial charge in [0.05, 0.1) is 0 Å². The zero-order valence-electron chi connectivity index (χ0n) is 9.71. The lowest BCUT2D eigenvalue weighted by atomic mass is 9.65. The molecule has 14 heavy (non-hydrogen) atoms. The molecule has 3 fully saturated rings. The first-order chi connectivity index (χ1) is 6.75. The van der Waals surface area contributed by atoms with E-state index in [1.54, 1.807) is 32.1 Å². The van der Waals surface area contributed by atoms with Crippen LogP contribution in [0.4, 0.5) is 0 Å². The van der Waals surface area contributed by atoms with Crippen molar-refractivity contribution in [1.29, 1.82) is 0 Å². The minimum absolute atomic E-state index is 1.03. The summed E-state index contributed by atoms with van der Waals surface area (Å²) in [5.41, 5.74) is 0. The summed E-state index contributed by atoms with van der Waals surface area (Å²) < 4.78 is 0. The smallest absolute Gasteiger partial charge is 0.0355 e. The molecule has 3 rings (SSSR count). The monoisotopic (exact) mass is 192 g/mol. The molecule has 6 unspecified atom stereocenters. The van der Waals surface area contributed by atoms with Crippen LogP contribution in [0.2, 0.25) is 0 Å². The maximum Gasteiger partial charge on any atom is -0.0355 e. The molecule has 0 radical (unpaired) electrons. The lowest BCUT2D eigenvalue weighted by molar-refractivity contribution is 0.0851. The van der Waals surface area contributed by atoms with Crippen molar-refractivity contribution in [3.63, 3.8) is 0 Å². The number of rotatable bonds is 0. The van der Waals surface area contributed by atoms with Gasteiger partial charge in [0.2, 0.25) is 0 Å². The number of hydrogen-bond donors (Lipinski definition) is 0. The van der Waals surface area contributed by atoms with Crippen LogP contribution in [0.3, 0.4) is 0 Å². The topological polar surface area (TPSA) is 0 Å². The van der Waals surface area contributed by atoms with Gasteiger partial charge in [0, 0.05) is 0 Å². The highest BCUT2D eigenvalue weighted by atomic mass is 14.5. The molecule has 0 heterocycles. The van der Waals surface area contributed by atoms with E-state index in [4.69, 9.17) is 0 Å². The molecule has 0 aromatic rings. The van der Waals surface area contributed by atoms with Crippen molar-refractivity contribution in [2.24, 2.45) is 35.5 Å². The summed E-state index contributed by atoms with van der Waals surface area (Å²) in [6.07, 6.45) is 9.36. The van der Waals surface area contributed by atoms with Crippen molar-refractivity contribution in [2.45, 2.75) is 52.4 Å². The van der Waals surface area contributed by atoms with Gasteiger partial charge >= 0.3 is 0 Å². The Labute approximate surface area is 88.5 Å². The van der Waals surface area contributed by atoms with E-state index in [0.717, 1.165) is 35.5 Å². The largest absolute Gasteiger partial charge is 0.0625 e. The van der Waals surface area contributed by atoms with E-state index < -0.39 is 0 Å². The Morgan fingerprint density at radius 3 is 2.50 bits per heavy atom. The molecule has 3 aliphatic rings. The van der Waals surface area contributed by atoms with Gasteiger partial charge in [-0.1, -0.05) is 26.7 Å². The molecule has 3 aliphatic carbocycles. The van der Waals surface area contributed by atoms with Crippen LogP contribution in [0.15, 0.2) is 0 Å². The maximum atomic E-state index is 2.57. The summed E-state index contributed by atoms with van der Waals surface area (Å²) in [6, 6.07) is 0. The van der Waals surface area contributed by atoms with Crippen LogP contribution in [0.1, 0.15) is 52.4 Å². The molecule has 0 amide bonds. The molecule has 0 heteroatoms. The van der Waals surface area contributed by atoms with Crippen LogP contribution < -0.4 is 0 Å². The molecule has 0 aromatic heterocycles. The average molecular weight is 192 g/mol. The molecule has 0 spiro atoms. The number of hydrogen-bond acceptors (Lipinski definition) is 0. The van der Waals surface area contributed by atoms with Crippen molar-refractivity contribution < 1.29 is 0 Å². The fraction of sp³-hybridized carbons (Fsp3) is 1.00. The second-order valence-electron chi connectivity index (χ2n) is 6.45. The fourth-order valence-corrected chi connectivity index (χ4v) is 5.12. The first-order valence-corrected chi connectivity index (χ1v) is 6.75. The van der Waals surface area contributed by atoms with E-state index >= 15 is 0 Å². The van der Waals surface area contributed by atoms with E-state index in [1.807, 2.05) is 0 Å². The Kier molecular flexibility index (Phi) is 2.15. The van der Waals surface area contributed by atoms with Gasteiger partial charge in [-0.05, 0) is 61.2 Å². The SMILES string of the molecule is CC1CC2CC3CCCC3C(C)C2C1. The highest BCUT2D eigenvalue weighted by molar-refractivity contribution is 4.96. The summed E-state index contributed by atoms with van der Waals surface area (Å²) in [6.45, 7) is 5.04. The van der Waals surface area contributed by atoms with E-state index in [0.29, 0.717) is 0 Å². The van der Waals surface area contributed by atoms with E-state index in [2.05, 4.69) is 13.8 Å². The van der Waals surface area contributed by atoms with Gasteiger partial charge in [-0.3, -0.25) is 0 Å². The summed E-state index contributed by atoms with van der Waals surface area (Å²) in [5, 5.41) is 0. The molecule has 0 aromatic carbocycles. The van der Waals surface area contributed by atoms with Crippen LogP contribution in [0, 0.1) is 35.5 Å². The predicted molar refractivity (Wildman–Crippen MR) is 60.0 cm³/mol. The molecule has 0 N–H and O–H groups in total. The maximum absolute atomic E-state index is 2.57. The number of fused-ring (bicyclic) bond motifs is 2. The normalized spacial score (nSPS) is 57.0. The van der Waals surface area contributed by atoms with Gasteiger partial charge < -0.3 is 0 Å². The highest BCUT2D eigenvalue weighted by Crippen LogP contribution is 2.56. The Bertz CT molecular complexity index is 220. The van der Waals surface area contributed by atoms with Crippen LogP contribution in [-0.2, 0) is 0 Å². The lowest BCUT2D eigenvalue weighted by Crippen LogP contribution is -2.33. The summed E-state index contributed by atoms with van der Waals surface area (Å²) in [5.74, 6) is 6.60. The Morgan fingerprint density at radius 2 is 1.64 bits per heavy atom. The molecule has 0 saturated heterocycles. The standard InChI is InChI=1S/C14H24/c1-9-6-12-8-11-4-3-5-13(11)10(2)14(12)7-9/h9-14H,3-8H2,1-2H3. The Balaban J connectivity index is 1.80. The molecular weight excluding hydrogens is 168 g/mol. The summed E-state index contributed by atoms with van der Waals surface area (Å²) >= 11 is 0. The summed E-state index contributed by atoms with van der Waals surface area (Å²) in [4.78, 5) is 0. The molecule has 80 valence electrons. The molecule has 0 aliphatic heterocycles. The van der Waals surface area contributed by atoms with Gasteiger partial charge in [-0.2, -0.15) is 0 Å². The minimum atomic E-state index is 1.03. The van der Waals surface area contributed by atoms with Crippen molar-refractivity contribution in [2.75, 3.05) is 0 Å². The van der Waals surface area contributed by atoms with Gasteiger partial charge in [-0.15, -0.1) is 0 Å². The molecule has 6 atom stereocenters. The van der Waals surface area contributed by atoms with Crippen LogP contribution in [-0.4, -0.2) is 0 Å². The third-order valence-electron chi connectivity index (χ3n) is 5.66. The van der Waals surface area contributed by atoms with Crippen molar-refractivity contribution in [3.05, 3.63) is 0 Å². The fourth-order valence-electron chi connectivity index (χ4n) is 5.12. The molecular formula is C14H24. The lowest BCUT2D eigenvalue weighted by Gasteiger charge is -2.40. The predicted octanol–water partition coefficient (Wildman–Crippen LogP) is 4.10. The van der Waals surface area contributed by atoms with Gasteiger partial charge in [0.1, 0.15) is 0 Å². The van der Waals surface area contributed by atoms with Gasteiger partial charge in [0.15, 0.2) is 0 Å². The van der Waals surface area contributed by atoms with Crippen LogP contribution in [0.5, 0.6) is 0 Å². The van der Waals surface area contributed by atoms with Crippen molar-refractivity contribution >= 4 is 0 Å². The van der Waals surface area contributed by atoms with E-state index in [-0.39, 0.29) is 0 Å². The Morgan fingerprint density at radius 1 is 0.786 bits per heavy atom. The molecule has 3 saturated carbocycles. The summed E-state index contributed by atoms with van der Waals surface area (Å²) in [7, 11) is 0. The van der Waals surface area contributed by atoms with Crippen molar-refractivity contribution in [1.82, 2.24) is 0 Å². The second kappa shape index (κ2) is 3.25. The third kappa shape index (κ3) is 1.26. The van der Waals surface area contributed by atoms with Gasteiger partial charge in [-0.25, -0.2) is 0 Å². The zero-order chi connectivity index (χ0) is 9.71. The van der Waals surface area contributed by atoms with E-state index in [1.165, 1.54) is 6.42 Å². The van der Waals surface area contributed by atoms with Crippen LogP contribution in [0.25, 0.3) is 0 Å². The van der Waals surface area contributed by atoms with Crippen LogP contribution >= 0.6 is 0 Å². The highest BCUT2D eigenvalue weighted by Gasteiger charge is 2.47. The Hall–Kier alpha value is 0. The first-order valence-electron chi connectivity index (χ1n) is 6.75. The molecule has 0 bridgehead atoms. The average Bonchev–Trinajstić information content (AvgIpc) is 2.71. The second-order valence-corrected chi connectivity index (χ2v) is 6.45. The first kappa shape index (κ1) is 9.24. The van der Waals surface area contributed by atoms with Crippen molar-refractivity contribution in [3.8, 4) is 0 Å². The third-order valence-corrected chi connectivity index (χ3v) is 5.66. The quantitative estimate of drug-likeness (QED) is 0.542. The van der Waals surface area contributed by atoms with E-state index in [9.17, 15) is 0 Å². The minimum Gasteiger partial charge on any atom is -0.0625 e. The molecule has 0 nitrogen and oxygen atoms in total. The van der Waals surface area contributed by atoms with Gasteiger partial charge in [0.25, 0.3) is 0 Å². The zero-order valence-corrected chi connectivity index (χ0v) is 9.71.